The molecular formula is C16H19N3O3. The van der Waals surface area contributed by atoms with E-state index in [0.717, 1.165) is 5.01 Å². The smallest absolute Gasteiger partial charge is 0.428 e. The van der Waals surface area contributed by atoms with E-state index in [4.69, 9.17) is 0 Å². The molecule has 22 heavy (non-hydrogen) atoms. The molecule has 1 heterocycles. The third-order valence-electron chi connectivity index (χ3n) is 3.53. The minimum Gasteiger partial charge on any atom is -0.464 e. The SMILES string of the molecule is CC(N(C)C)N(C(=O)O)n1cccc1C(=O)c1ccccc1. The zero-order valence-electron chi connectivity index (χ0n) is 12.8. The highest BCUT2D eigenvalue weighted by Gasteiger charge is 2.26. The van der Waals surface area contributed by atoms with Gasteiger partial charge in [0, 0.05) is 11.8 Å². The summed E-state index contributed by atoms with van der Waals surface area (Å²) in [4.78, 5) is 26.0. The second-order valence-electron chi connectivity index (χ2n) is 5.16. The molecule has 0 spiro atoms. The minimum absolute atomic E-state index is 0.220. The van der Waals surface area contributed by atoms with Crippen LogP contribution in [-0.4, -0.2) is 46.8 Å². The maximum absolute atomic E-state index is 12.6. The lowest BCUT2D eigenvalue weighted by molar-refractivity contribution is 0.102. The summed E-state index contributed by atoms with van der Waals surface area (Å²) in [6, 6.07) is 12.1. The second kappa shape index (κ2) is 6.44. The van der Waals surface area contributed by atoms with Crippen LogP contribution in [0.25, 0.3) is 0 Å². The number of nitrogens with zero attached hydrogens (tertiary/aromatic N) is 3. The normalized spacial score (nSPS) is 12.2. The van der Waals surface area contributed by atoms with Gasteiger partial charge in [0.1, 0.15) is 11.9 Å². The summed E-state index contributed by atoms with van der Waals surface area (Å²) in [6.07, 6.45) is 0.0244. The topological polar surface area (TPSA) is 65.8 Å². The van der Waals surface area contributed by atoms with Crippen molar-refractivity contribution in [2.45, 2.75) is 13.1 Å². The predicted octanol–water partition coefficient (Wildman–Crippen LogP) is 2.24. The first-order valence-electron chi connectivity index (χ1n) is 6.89. The Morgan fingerprint density at radius 1 is 1.09 bits per heavy atom. The van der Waals surface area contributed by atoms with E-state index in [1.165, 1.54) is 4.68 Å². The summed E-state index contributed by atoms with van der Waals surface area (Å²) in [6.45, 7) is 1.75. The molecule has 0 aliphatic carbocycles. The van der Waals surface area contributed by atoms with E-state index in [1.54, 1.807) is 68.5 Å². The fourth-order valence-electron chi connectivity index (χ4n) is 2.13. The third kappa shape index (κ3) is 3.01. The van der Waals surface area contributed by atoms with E-state index in [2.05, 4.69) is 0 Å². The van der Waals surface area contributed by atoms with E-state index < -0.39 is 12.3 Å². The minimum atomic E-state index is -1.13. The second-order valence-corrected chi connectivity index (χ2v) is 5.16. The van der Waals surface area contributed by atoms with Gasteiger partial charge in [0.2, 0.25) is 5.78 Å². The molecular weight excluding hydrogens is 282 g/mol. The Kier molecular flexibility index (Phi) is 4.62. The molecule has 0 aliphatic heterocycles. The molecule has 0 radical (unpaired) electrons. The summed E-state index contributed by atoms with van der Waals surface area (Å²) in [5.74, 6) is -0.220. The fraction of sp³-hybridized carbons (Fsp3) is 0.250. The molecule has 6 heteroatoms. The van der Waals surface area contributed by atoms with Crippen LogP contribution in [0.2, 0.25) is 0 Å². The van der Waals surface area contributed by atoms with Crippen molar-refractivity contribution in [2.75, 3.05) is 19.1 Å². The maximum Gasteiger partial charge on any atom is 0.428 e. The number of carboxylic acid groups (broad SMARTS) is 1. The van der Waals surface area contributed by atoms with Crippen LogP contribution in [0.4, 0.5) is 4.79 Å². The van der Waals surface area contributed by atoms with Crippen LogP contribution in [0.15, 0.2) is 48.7 Å². The molecule has 1 unspecified atom stereocenters. The molecule has 116 valence electrons. The first-order chi connectivity index (χ1) is 10.4. The van der Waals surface area contributed by atoms with Crippen LogP contribution >= 0.6 is 0 Å². The van der Waals surface area contributed by atoms with Crippen molar-refractivity contribution in [3.8, 4) is 0 Å². The van der Waals surface area contributed by atoms with Gasteiger partial charge < -0.3 is 5.11 Å². The van der Waals surface area contributed by atoms with Crippen molar-refractivity contribution < 1.29 is 14.7 Å². The maximum atomic E-state index is 12.6. The van der Waals surface area contributed by atoms with Crippen molar-refractivity contribution in [3.05, 3.63) is 59.9 Å². The molecule has 1 atom stereocenters. The van der Waals surface area contributed by atoms with Gasteiger partial charge in [-0.2, -0.15) is 5.01 Å². The van der Waals surface area contributed by atoms with Gasteiger partial charge in [0.05, 0.1) is 0 Å². The quantitative estimate of drug-likeness (QED) is 0.679. The summed E-state index contributed by atoms with van der Waals surface area (Å²) in [7, 11) is 3.56. The van der Waals surface area contributed by atoms with Gasteiger partial charge in [-0.25, -0.2) is 4.79 Å². The van der Waals surface area contributed by atoms with Gasteiger partial charge in [-0.15, -0.1) is 0 Å². The van der Waals surface area contributed by atoms with Crippen LogP contribution in [0.5, 0.6) is 0 Å². The number of amides is 1. The van der Waals surface area contributed by atoms with Gasteiger partial charge in [-0.1, -0.05) is 30.3 Å². The number of aromatic nitrogens is 1. The molecule has 1 N–H and O–H groups in total. The molecule has 0 fully saturated rings. The Bertz CT molecular complexity index is 664. The monoisotopic (exact) mass is 301 g/mol. The summed E-state index contributed by atoms with van der Waals surface area (Å²) >= 11 is 0. The van der Waals surface area contributed by atoms with Crippen LogP contribution in [0.3, 0.4) is 0 Å². The van der Waals surface area contributed by atoms with E-state index >= 15 is 0 Å². The van der Waals surface area contributed by atoms with Gasteiger partial charge in [-0.3, -0.25) is 14.4 Å². The zero-order valence-corrected chi connectivity index (χ0v) is 12.8. The van der Waals surface area contributed by atoms with Gasteiger partial charge in [-0.05, 0) is 33.2 Å². The number of carbonyl (C=O) groups excluding carboxylic acids is 1. The highest BCUT2D eigenvalue weighted by Crippen LogP contribution is 2.13. The highest BCUT2D eigenvalue weighted by molar-refractivity contribution is 6.08. The van der Waals surface area contributed by atoms with Gasteiger partial charge in [0.25, 0.3) is 0 Å². The Morgan fingerprint density at radius 3 is 2.27 bits per heavy atom. The number of rotatable bonds is 5. The van der Waals surface area contributed by atoms with Crippen molar-refractivity contribution in [3.63, 3.8) is 0 Å². The van der Waals surface area contributed by atoms with E-state index in [-0.39, 0.29) is 5.78 Å². The fourth-order valence-corrected chi connectivity index (χ4v) is 2.13. The van der Waals surface area contributed by atoms with E-state index in [9.17, 15) is 14.7 Å². The Balaban J connectivity index is 2.43. The molecule has 0 bridgehead atoms. The Hall–Kier alpha value is -2.60. The van der Waals surface area contributed by atoms with Gasteiger partial charge in [0.15, 0.2) is 0 Å². The molecule has 0 aliphatic rings. The summed E-state index contributed by atoms with van der Waals surface area (Å²) < 4.78 is 1.38. The number of hydrogen-bond acceptors (Lipinski definition) is 3. The van der Waals surface area contributed by atoms with Crippen molar-refractivity contribution in [2.24, 2.45) is 0 Å². The van der Waals surface area contributed by atoms with Gasteiger partial charge >= 0.3 is 6.09 Å². The first-order valence-corrected chi connectivity index (χ1v) is 6.89. The van der Waals surface area contributed by atoms with Crippen molar-refractivity contribution >= 4 is 11.9 Å². The summed E-state index contributed by atoms with van der Waals surface area (Å²) in [5, 5.41) is 10.6. The highest BCUT2D eigenvalue weighted by atomic mass is 16.4. The Labute approximate surface area is 129 Å². The van der Waals surface area contributed by atoms with Crippen LogP contribution in [-0.2, 0) is 0 Å². The largest absolute Gasteiger partial charge is 0.464 e. The lowest BCUT2D eigenvalue weighted by Crippen LogP contribution is -2.52. The number of benzene rings is 1. The zero-order chi connectivity index (χ0) is 16.3. The van der Waals surface area contributed by atoms with E-state index in [1.807, 2.05) is 6.07 Å². The number of hydrogen-bond donors (Lipinski definition) is 1. The van der Waals surface area contributed by atoms with Crippen molar-refractivity contribution in [1.82, 2.24) is 9.58 Å². The Morgan fingerprint density at radius 2 is 1.73 bits per heavy atom. The average molecular weight is 301 g/mol. The molecule has 1 amide bonds. The van der Waals surface area contributed by atoms with Crippen LogP contribution in [0.1, 0.15) is 23.0 Å². The third-order valence-corrected chi connectivity index (χ3v) is 3.53. The molecule has 1 aromatic carbocycles. The average Bonchev–Trinajstić information content (AvgIpc) is 2.96. The molecule has 6 nitrogen and oxygen atoms in total. The number of ketones is 1. The lowest BCUT2D eigenvalue weighted by atomic mass is 10.1. The predicted molar refractivity (Wildman–Crippen MR) is 83.7 cm³/mol. The standard InChI is InChI=1S/C16H19N3O3/c1-12(17(2)3)19(16(21)22)18-11-7-10-14(18)15(20)13-8-5-4-6-9-13/h4-12H,1-3H3,(H,21,22). The van der Waals surface area contributed by atoms with Crippen molar-refractivity contribution in [1.29, 1.82) is 0 Å². The molecule has 1 aromatic heterocycles. The first kappa shape index (κ1) is 15.8. The van der Waals surface area contributed by atoms with E-state index in [0.29, 0.717) is 11.3 Å². The number of carbonyl (C=O) groups is 2. The van der Waals surface area contributed by atoms with Crippen LogP contribution in [0, 0.1) is 0 Å². The lowest BCUT2D eigenvalue weighted by Gasteiger charge is -2.32. The molecule has 0 saturated heterocycles. The summed E-state index contributed by atoms with van der Waals surface area (Å²) in [5.41, 5.74) is 0.826. The molecule has 2 rings (SSSR count). The molecule has 0 saturated carbocycles. The van der Waals surface area contributed by atoms with Crippen LogP contribution < -0.4 is 5.01 Å². The molecule has 2 aromatic rings.